The van der Waals surface area contributed by atoms with Gasteiger partial charge in [0.2, 0.25) is 0 Å². The van der Waals surface area contributed by atoms with Crippen LogP contribution in [0.4, 0.5) is 4.79 Å². The molecule has 1 fully saturated rings. The number of rotatable bonds is 3. The van der Waals surface area contributed by atoms with Crippen LogP contribution in [0.2, 0.25) is 0 Å². The molecule has 2 heterocycles. The number of carbonyl (C=O) groups excluding carboxylic acids is 2. The van der Waals surface area contributed by atoms with Crippen molar-refractivity contribution in [3.63, 3.8) is 0 Å². The van der Waals surface area contributed by atoms with Crippen LogP contribution in [0.25, 0.3) is 10.9 Å². The van der Waals surface area contributed by atoms with Crippen molar-refractivity contribution in [3.8, 4) is 0 Å². The molecule has 158 valence electrons. The van der Waals surface area contributed by atoms with E-state index in [1.807, 2.05) is 32.6 Å². The third-order valence-electron chi connectivity index (χ3n) is 5.53. The molecule has 1 aromatic heterocycles. The molecule has 29 heavy (non-hydrogen) atoms. The van der Waals surface area contributed by atoms with E-state index in [1.54, 1.807) is 4.90 Å². The molecule has 1 aliphatic rings. The number of hydrogen-bond donors (Lipinski definition) is 0. The van der Waals surface area contributed by atoms with E-state index in [0.29, 0.717) is 26.2 Å². The van der Waals surface area contributed by atoms with Crippen molar-refractivity contribution in [2.45, 2.75) is 60.1 Å². The second-order valence-electron chi connectivity index (χ2n) is 8.68. The molecule has 2 amide bonds. The fourth-order valence-electron chi connectivity index (χ4n) is 3.96. The number of amides is 2. The second-order valence-corrected chi connectivity index (χ2v) is 8.68. The van der Waals surface area contributed by atoms with Gasteiger partial charge in [-0.05, 0) is 64.3 Å². The van der Waals surface area contributed by atoms with Gasteiger partial charge in [0, 0.05) is 43.6 Å². The summed E-state index contributed by atoms with van der Waals surface area (Å²) in [6, 6.07) is 6.47. The maximum atomic E-state index is 13.4. The first kappa shape index (κ1) is 21.2. The molecular weight excluding hydrogens is 366 g/mol. The number of hydrogen-bond acceptors (Lipinski definition) is 3. The van der Waals surface area contributed by atoms with E-state index in [-0.39, 0.29) is 12.0 Å². The molecule has 1 aliphatic heterocycles. The van der Waals surface area contributed by atoms with E-state index in [0.717, 1.165) is 35.1 Å². The lowest BCUT2D eigenvalue weighted by molar-refractivity contribution is 0.0139. The smallest absolute Gasteiger partial charge is 0.410 e. The van der Waals surface area contributed by atoms with Crippen LogP contribution in [-0.2, 0) is 17.7 Å². The first-order valence-corrected chi connectivity index (χ1v) is 10.5. The molecule has 1 saturated heterocycles. The van der Waals surface area contributed by atoms with Crippen LogP contribution in [0, 0.1) is 6.92 Å². The Labute approximate surface area is 173 Å². The minimum absolute atomic E-state index is 0.0439. The molecule has 0 unspecified atom stereocenters. The van der Waals surface area contributed by atoms with E-state index in [2.05, 4.69) is 36.6 Å². The Hall–Kier alpha value is -2.50. The van der Waals surface area contributed by atoms with Gasteiger partial charge < -0.3 is 19.1 Å². The number of piperazine rings is 1. The summed E-state index contributed by atoms with van der Waals surface area (Å²) >= 11 is 0. The summed E-state index contributed by atoms with van der Waals surface area (Å²) in [4.78, 5) is 29.2. The molecule has 3 rings (SSSR count). The molecule has 0 aliphatic carbocycles. The fourth-order valence-corrected chi connectivity index (χ4v) is 3.96. The molecule has 6 heteroatoms. The first-order valence-electron chi connectivity index (χ1n) is 10.5. The molecule has 0 bridgehead atoms. The highest BCUT2D eigenvalue weighted by Gasteiger charge is 2.30. The minimum atomic E-state index is -0.513. The van der Waals surface area contributed by atoms with Gasteiger partial charge in [0.25, 0.3) is 5.91 Å². The Kier molecular flexibility index (Phi) is 5.92. The molecule has 1 aromatic carbocycles. The second kappa shape index (κ2) is 8.09. The lowest BCUT2D eigenvalue weighted by Crippen LogP contribution is -2.52. The summed E-state index contributed by atoms with van der Waals surface area (Å²) in [5.74, 6) is 0.0439. The summed E-state index contributed by atoms with van der Waals surface area (Å²) in [6.07, 6.45) is 0.665. The Morgan fingerprint density at radius 1 is 1.03 bits per heavy atom. The number of aryl methyl sites for hydroxylation is 3. The highest BCUT2D eigenvalue weighted by Crippen LogP contribution is 2.28. The maximum absolute atomic E-state index is 13.4. The molecule has 0 N–H and O–H groups in total. The molecule has 6 nitrogen and oxygen atoms in total. The minimum Gasteiger partial charge on any atom is -0.444 e. The van der Waals surface area contributed by atoms with Crippen LogP contribution in [0.5, 0.6) is 0 Å². The maximum Gasteiger partial charge on any atom is 0.410 e. The van der Waals surface area contributed by atoms with E-state index >= 15 is 0 Å². The fraction of sp³-hybridized carbons (Fsp3) is 0.565. The van der Waals surface area contributed by atoms with Crippen LogP contribution in [0.3, 0.4) is 0 Å². The van der Waals surface area contributed by atoms with Gasteiger partial charge in [-0.1, -0.05) is 13.0 Å². The zero-order chi connectivity index (χ0) is 21.3. The van der Waals surface area contributed by atoms with Gasteiger partial charge >= 0.3 is 6.09 Å². The van der Waals surface area contributed by atoms with Gasteiger partial charge in [-0.2, -0.15) is 0 Å². The summed E-state index contributed by atoms with van der Waals surface area (Å²) in [5, 5.41) is 1.15. The molecular formula is C23H33N3O3. The van der Waals surface area contributed by atoms with Crippen LogP contribution in [-0.4, -0.2) is 58.1 Å². The molecule has 0 radical (unpaired) electrons. The Morgan fingerprint density at radius 2 is 1.66 bits per heavy atom. The lowest BCUT2D eigenvalue weighted by atomic mass is 10.1. The highest BCUT2D eigenvalue weighted by molar-refractivity contribution is 6.02. The van der Waals surface area contributed by atoms with E-state index < -0.39 is 5.60 Å². The summed E-state index contributed by atoms with van der Waals surface area (Å²) in [6.45, 7) is 14.6. The average Bonchev–Trinajstić information content (AvgIpc) is 2.97. The summed E-state index contributed by atoms with van der Waals surface area (Å²) in [7, 11) is 0. The van der Waals surface area contributed by atoms with Gasteiger partial charge in [-0.25, -0.2) is 4.79 Å². The number of nitrogens with zero attached hydrogens (tertiary/aromatic N) is 3. The number of carbonyl (C=O) groups is 2. The predicted octanol–water partition coefficient (Wildman–Crippen LogP) is 4.22. The zero-order valence-electron chi connectivity index (χ0n) is 18.5. The number of fused-ring (bicyclic) bond motifs is 1. The molecule has 0 spiro atoms. The van der Waals surface area contributed by atoms with E-state index in [9.17, 15) is 9.59 Å². The van der Waals surface area contributed by atoms with Crippen LogP contribution >= 0.6 is 0 Å². The largest absolute Gasteiger partial charge is 0.444 e. The standard InChI is InChI=1S/C23H33N3O3/c1-7-17-9-10-19-18(15-17)16(3)20(26(19)8-2)21(27)24-11-13-25(14-12-24)22(28)29-23(4,5)6/h9-10,15H,7-8,11-14H2,1-6H3. The van der Waals surface area contributed by atoms with Gasteiger partial charge in [0.1, 0.15) is 11.3 Å². The van der Waals surface area contributed by atoms with Crippen molar-refractivity contribution in [3.05, 3.63) is 35.0 Å². The zero-order valence-corrected chi connectivity index (χ0v) is 18.5. The van der Waals surface area contributed by atoms with E-state index in [1.165, 1.54) is 5.56 Å². The first-order chi connectivity index (χ1) is 13.7. The van der Waals surface area contributed by atoms with E-state index in [4.69, 9.17) is 4.74 Å². The Morgan fingerprint density at radius 3 is 2.21 bits per heavy atom. The SMILES string of the molecule is CCc1ccc2c(c1)c(C)c(C(=O)N1CCN(C(=O)OC(C)(C)C)CC1)n2CC. The third-order valence-corrected chi connectivity index (χ3v) is 5.53. The average molecular weight is 400 g/mol. The van der Waals surface area contributed by atoms with Crippen molar-refractivity contribution in [1.82, 2.24) is 14.4 Å². The van der Waals surface area contributed by atoms with Gasteiger partial charge in [-0.3, -0.25) is 4.79 Å². The highest BCUT2D eigenvalue weighted by atomic mass is 16.6. The lowest BCUT2D eigenvalue weighted by Gasteiger charge is -2.35. The van der Waals surface area contributed by atoms with Crippen LogP contribution < -0.4 is 0 Å². The third kappa shape index (κ3) is 4.26. The van der Waals surface area contributed by atoms with Gasteiger partial charge in [0.05, 0.1) is 0 Å². The summed E-state index contributed by atoms with van der Waals surface area (Å²) in [5.41, 5.74) is 3.68. The number of benzene rings is 1. The Balaban J connectivity index is 1.80. The van der Waals surface area contributed by atoms with Crippen LogP contribution in [0.15, 0.2) is 18.2 Å². The molecule has 0 atom stereocenters. The quantitative estimate of drug-likeness (QED) is 0.776. The number of aromatic nitrogens is 1. The van der Waals surface area contributed by atoms with Crippen molar-refractivity contribution in [2.75, 3.05) is 26.2 Å². The van der Waals surface area contributed by atoms with Crippen molar-refractivity contribution < 1.29 is 14.3 Å². The Bertz CT molecular complexity index is 916. The van der Waals surface area contributed by atoms with Crippen LogP contribution in [0.1, 0.15) is 56.2 Å². The predicted molar refractivity (Wildman–Crippen MR) is 115 cm³/mol. The topological polar surface area (TPSA) is 54.8 Å². The monoisotopic (exact) mass is 399 g/mol. The van der Waals surface area contributed by atoms with Crippen molar-refractivity contribution in [1.29, 1.82) is 0 Å². The molecule has 0 saturated carbocycles. The van der Waals surface area contributed by atoms with Crippen molar-refractivity contribution >= 4 is 22.9 Å². The van der Waals surface area contributed by atoms with Gasteiger partial charge in [-0.15, -0.1) is 0 Å². The molecule has 2 aromatic rings. The van der Waals surface area contributed by atoms with Crippen molar-refractivity contribution in [2.24, 2.45) is 0 Å². The number of ether oxygens (including phenoxy) is 1. The van der Waals surface area contributed by atoms with Gasteiger partial charge in [0.15, 0.2) is 0 Å². The summed E-state index contributed by atoms with van der Waals surface area (Å²) < 4.78 is 7.57. The normalized spacial score (nSPS) is 15.1.